The molecule has 0 saturated carbocycles. The topological polar surface area (TPSA) is 87.0 Å². The highest BCUT2D eigenvalue weighted by atomic mass is 16.7. The molecule has 0 aliphatic carbocycles. The number of benzene rings is 1. The number of carbonyl (C=O) groups is 1. The van der Waals surface area contributed by atoms with Gasteiger partial charge in [-0.1, -0.05) is 18.2 Å². The molecule has 1 N–H and O–H groups in total. The number of ether oxygens (including phenoxy) is 3. The molecular weight excluding hydrogens is 314 g/mol. The lowest BCUT2D eigenvalue weighted by Crippen LogP contribution is -2.41. The van der Waals surface area contributed by atoms with Gasteiger partial charge in [-0.05, 0) is 6.07 Å². The minimum atomic E-state index is -1.14. The molecule has 1 aliphatic rings. The van der Waals surface area contributed by atoms with E-state index in [0.29, 0.717) is 12.3 Å². The van der Waals surface area contributed by atoms with Crippen LogP contribution in [0.5, 0.6) is 11.5 Å². The summed E-state index contributed by atoms with van der Waals surface area (Å²) in [5.74, 6) is -0.861. The molecule has 7 heteroatoms. The second kappa shape index (κ2) is 5.92. The second-order valence-electron chi connectivity index (χ2n) is 5.69. The van der Waals surface area contributed by atoms with Crippen LogP contribution < -0.4 is 20.4 Å². The molecule has 1 aromatic heterocycles. The molecule has 24 heavy (non-hydrogen) atoms. The van der Waals surface area contributed by atoms with Crippen molar-refractivity contribution in [2.75, 3.05) is 12.4 Å². The predicted molar refractivity (Wildman–Crippen MR) is 85.4 cm³/mol. The maximum Gasteiger partial charge on any atom is 0.356 e. The zero-order chi connectivity index (χ0) is 17.3. The van der Waals surface area contributed by atoms with Crippen molar-refractivity contribution >= 4 is 11.9 Å². The Kier molecular flexibility index (Phi) is 3.92. The summed E-state index contributed by atoms with van der Waals surface area (Å²) in [6.45, 7) is 3.55. The van der Waals surface area contributed by atoms with Crippen LogP contribution in [0.15, 0.2) is 39.5 Å². The van der Waals surface area contributed by atoms with Crippen LogP contribution in [0.3, 0.4) is 0 Å². The summed E-state index contributed by atoms with van der Waals surface area (Å²) < 4.78 is 21.0. The van der Waals surface area contributed by atoms with E-state index in [2.05, 4.69) is 5.32 Å². The van der Waals surface area contributed by atoms with E-state index in [1.807, 2.05) is 24.3 Å². The molecule has 2 aromatic rings. The molecule has 0 atom stereocenters. The normalized spacial score (nSPS) is 15.0. The highest BCUT2D eigenvalue weighted by Crippen LogP contribution is 2.31. The van der Waals surface area contributed by atoms with Crippen LogP contribution in [-0.4, -0.2) is 18.9 Å². The zero-order valence-electron chi connectivity index (χ0n) is 13.5. The van der Waals surface area contributed by atoms with E-state index in [1.54, 1.807) is 21.0 Å². The van der Waals surface area contributed by atoms with Gasteiger partial charge in [0.2, 0.25) is 11.7 Å². The van der Waals surface area contributed by atoms with E-state index in [-0.39, 0.29) is 17.2 Å². The Bertz CT molecular complexity index is 839. The number of carbonyl (C=O) groups excluding carboxylic acids is 1. The predicted octanol–water partition coefficient (Wildman–Crippen LogP) is 2.55. The van der Waals surface area contributed by atoms with Crippen LogP contribution in [0.1, 0.15) is 29.8 Å². The number of esters is 1. The summed E-state index contributed by atoms with van der Waals surface area (Å²) >= 11 is 0. The molecule has 1 aliphatic heterocycles. The summed E-state index contributed by atoms with van der Waals surface area (Å²) in [6, 6.07) is 8.93. The molecule has 7 nitrogen and oxygen atoms in total. The number of rotatable bonds is 4. The van der Waals surface area contributed by atoms with Crippen molar-refractivity contribution in [3.05, 3.63) is 51.9 Å². The molecule has 0 amide bonds. The van der Waals surface area contributed by atoms with Crippen molar-refractivity contribution in [1.29, 1.82) is 0 Å². The quantitative estimate of drug-likeness (QED) is 0.861. The average molecular weight is 331 g/mol. The Hall–Kier alpha value is -2.96. The first kappa shape index (κ1) is 15.9. The molecule has 3 rings (SSSR count). The van der Waals surface area contributed by atoms with Crippen LogP contribution in [0.4, 0.5) is 5.88 Å². The smallest absolute Gasteiger partial charge is 0.356 e. The minimum absolute atomic E-state index is 0.134. The lowest BCUT2D eigenvalue weighted by molar-refractivity contribution is -0.128. The Balaban J connectivity index is 1.87. The maximum atomic E-state index is 12.0. The van der Waals surface area contributed by atoms with Crippen LogP contribution in [0, 0.1) is 0 Å². The van der Waals surface area contributed by atoms with Crippen LogP contribution in [-0.2, 0) is 11.3 Å². The monoisotopic (exact) mass is 331 g/mol. The van der Waals surface area contributed by atoms with E-state index in [0.717, 1.165) is 5.56 Å². The van der Waals surface area contributed by atoms with Gasteiger partial charge in [0.05, 0.1) is 7.11 Å². The van der Waals surface area contributed by atoms with E-state index >= 15 is 0 Å². The number of hydrogen-bond acceptors (Lipinski definition) is 7. The highest BCUT2D eigenvalue weighted by Gasteiger charge is 2.37. The summed E-state index contributed by atoms with van der Waals surface area (Å²) in [5, 5.41) is 2.99. The van der Waals surface area contributed by atoms with Crippen LogP contribution in [0.25, 0.3) is 0 Å². The van der Waals surface area contributed by atoms with Gasteiger partial charge in [-0.25, -0.2) is 9.59 Å². The van der Waals surface area contributed by atoms with Crippen molar-refractivity contribution in [2.24, 2.45) is 0 Å². The molecule has 1 aromatic carbocycles. The molecule has 0 fully saturated rings. The van der Waals surface area contributed by atoms with E-state index in [4.69, 9.17) is 18.6 Å². The third-order valence-electron chi connectivity index (χ3n) is 3.46. The Morgan fingerprint density at radius 2 is 1.92 bits per heavy atom. The van der Waals surface area contributed by atoms with Gasteiger partial charge in [-0.15, -0.1) is 0 Å². The van der Waals surface area contributed by atoms with Gasteiger partial charge < -0.3 is 23.9 Å². The molecular formula is C17H17NO6. The third kappa shape index (κ3) is 3.05. The largest absolute Gasteiger partial charge is 0.496 e. The number of para-hydroxylation sites is 1. The van der Waals surface area contributed by atoms with E-state index in [9.17, 15) is 9.59 Å². The fourth-order valence-corrected chi connectivity index (χ4v) is 2.41. The summed E-state index contributed by atoms with van der Waals surface area (Å²) in [6.07, 6.45) is 0. The first-order chi connectivity index (χ1) is 11.4. The minimum Gasteiger partial charge on any atom is -0.496 e. The first-order valence-electron chi connectivity index (χ1n) is 7.36. The van der Waals surface area contributed by atoms with Gasteiger partial charge in [-0.3, -0.25) is 0 Å². The van der Waals surface area contributed by atoms with Crippen molar-refractivity contribution in [1.82, 2.24) is 0 Å². The van der Waals surface area contributed by atoms with Gasteiger partial charge >= 0.3 is 11.6 Å². The fourth-order valence-electron chi connectivity index (χ4n) is 2.41. The van der Waals surface area contributed by atoms with E-state index < -0.39 is 17.4 Å². The Morgan fingerprint density at radius 1 is 1.17 bits per heavy atom. The summed E-state index contributed by atoms with van der Waals surface area (Å²) in [5.41, 5.74) is -0.159. The van der Waals surface area contributed by atoms with Gasteiger partial charge in [0.25, 0.3) is 0 Å². The first-order valence-corrected chi connectivity index (χ1v) is 7.36. The third-order valence-corrected chi connectivity index (χ3v) is 3.46. The van der Waals surface area contributed by atoms with Gasteiger partial charge in [0.15, 0.2) is 11.3 Å². The van der Waals surface area contributed by atoms with Gasteiger partial charge in [-0.2, -0.15) is 0 Å². The lowest BCUT2D eigenvalue weighted by Gasteiger charge is -2.30. The fraction of sp³-hybridized carbons (Fsp3) is 0.294. The van der Waals surface area contributed by atoms with Crippen molar-refractivity contribution in [3.63, 3.8) is 0 Å². The average Bonchev–Trinajstić information content (AvgIpc) is 2.51. The summed E-state index contributed by atoms with van der Waals surface area (Å²) in [7, 11) is 1.58. The molecule has 0 bridgehead atoms. The zero-order valence-corrected chi connectivity index (χ0v) is 13.5. The molecule has 0 saturated heterocycles. The number of anilines is 1. The number of nitrogens with one attached hydrogen (secondary N) is 1. The van der Waals surface area contributed by atoms with Crippen molar-refractivity contribution < 1.29 is 23.4 Å². The molecule has 2 heterocycles. The number of hydrogen-bond donors (Lipinski definition) is 1. The number of methoxy groups -OCH3 is 1. The molecule has 126 valence electrons. The maximum absolute atomic E-state index is 12.0. The Labute approximate surface area is 138 Å². The second-order valence-corrected chi connectivity index (χ2v) is 5.69. The standard InChI is InChI=1S/C17H17NO6/c1-17(2)23-12-8-13(22-15(19)14(12)16(20)24-17)18-9-10-6-4-5-7-11(10)21-3/h4-8,18H,9H2,1-3H3. The molecule has 0 spiro atoms. The molecule has 0 unspecified atom stereocenters. The van der Waals surface area contributed by atoms with Crippen LogP contribution >= 0.6 is 0 Å². The Morgan fingerprint density at radius 3 is 2.67 bits per heavy atom. The van der Waals surface area contributed by atoms with Crippen LogP contribution in [0.2, 0.25) is 0 Å². The van der Waals surface area contributed by atoms with E-state index in [1.165, 1.54) is 6.07 Å². The van der Waals surface area contributed by atoms with Crippen molar-refractivity contribution in [2.45, 2.75) is 26.2 Å². The van der Waals surface area contributed by atoms with Gasteiger partial charge in [0.1, 0.15) is 5.75 Å². The molecule has 0 radical (unpaired) electrons. The number of cyclic esters (lactones) is 1. The van der Waals surface area contributed by atoms with Crippen molar-refractivity contribution in [3.8, 4) is 11.5 Å². The lowest BCUT2D eigenvalue weighted by atomic mass is 10.2. The highest BCUT2D eigenvalue weighted by molar-refractivity contribution is 5.93. The van der Waals surface area contributed by atoms with Gasteiger partial charge in [0, 0.05) is 32.0 Å². The SMILES string of the molecule is COc1ccccc1CNc1cc2c(c(=O)o1)C(=O)OC(C)(C)O2. The summed E-state index contributed by atoms with van der Waals surface area (Å²) in [4.78, 5) is 23.9. The number of fused-ring (bicyclic) bond motifs is 1.